The van der Waals surface area contributed by atoms with Crippen LogP contribution in [0, 0.1) is 0 Å². The second-order valence-electron chi connectivity index (χ2n) is 6.15. The molecular weight excluding hydrogens is 394 g/mol. The minimum atomic E-state index is -0.203. The number of allylic oxidation sites excluding steroid dienone is 1. The number of carbonyl (C=O) groups excluding carboxylic acids is 1. The fourth-order valence-corrected chi connectivity index (χ4v) is 3.70. The van der Waals surface area contributed by atoms with Gasteiger partial charge >= 0.3 is 0 Å². The lowest BCUT2D eigenvalue weighted by Crippen LogP contribution is -2.23. The maximum atomic E-state index is 12.8. The van der Waals surface area contributed by atoms with Crippen molar-refractivity contribution in [2.75, 3.05) is 11.1 Å². The van der Waals surface area contributed by atoms with Crippen LogP contribution in [-0.4, -0.2) is 21.2 Å². The average molecular weight is 414 g/mol. The number of hydrogen-bond acceptors (Lipinski definition) is 4. The van der Waals surface area contributed by atoms with E-state index in [-0.39, 0.29) is 17.2 Å². The largest absolute Gasteiger partial charge is 0.325 e. The zero-order valence-corrected chi connectivity index (χ0v) is 17.0. The van der Waals surface area contributed by atoms with Gasteiger partial charge in [0.25, 0.3) is 5.56 Å². The number of rotatable bonds is 7. The number of thioether (sulfide) groups is 1. The molecule has 1 heterocycles. The topological polar surface area (TPSA) is 64.0 Å². The quantitative estimate of drug-likeness (QED) is 0.351. The third-order valence-corrected chi connectivity index (χ3v) is 5.38. The molecule has 144 valence electrons. The van der Waals surface area contributed by atoms with Gasteiger partial charge in [0.15, 0.2) is 5.16 Å². The highest BCUT2D eigenvalue weighted by molar-refractivity contribution is 7.99. The Morgan fingerprint density at radius 2 is 2.04 bits per heavy atom. The monoisotopic (exact) mass is 413 g/mol. The van der Waals surface area contributed by atoms with E-state index in [1.165, 1.54) is 21.9 Å². The molecule has 0 saturated heterocycles. The summed E-state index contributed by atoms with van der Waals surface area (Å²) in [6, 6.07) is 12.7. The minimum Gasteiger partial charge on any atom is -0.325 e. The Bertz CT molecular complexity index is 1080. The van der Waals surface area contributed by atoms with E-state index in [0.717, 1.165) is 12.1 Å². The number of hydrogen-bond donors (Lipinski definition) is 1. The van der Waals surface area contributed by atoms with Gasteiger partial charge in [-0.1, -0.05) is 48.5 Å². The van der Waals surface area contributed by atoms with E-state index >= 15 is 0 Å². The molecule has 1 aromatic heterocycles. The van der Waals surface area contributed by atoms with Crippen LogP contribution >= 0.6 is 23.4 Å². The molecule has 0 aliphatic heterocycles. The van der Waals surface area contributed by atoms with Gasteiger partial charge in [0.1, 0.15) is 0 Å². The first-order valence-electron chi connectivity index (χ1n) is 8.84. The predicted octanol–water partition coefficient (Wildman–Crippen LogP) is 4.53. The molecule has 28 heavy (non-hydrogen) atoms. The third kappa shape index (κ3) is 4.64. The molecule has 1 N–H and O–H groups in total. The standard InChI is InChI=1S/C21H20ClN3O2S/c1-3-11-25-20(27)17-12-15(22)7-10-18(17)24-21(25)28-13-19(26)23-16-8-5-14(4-2)6-9-16/h3,5-10,12H,1,4,11,13H2,2H3,(H,23,26). The van der Waals surface area contributed by atoms with Crippen LogP contribution in [0.5, 0.6) is 0 Å². The summed E-state index contributed by atoms with van der Waals surface area (Å²) in [5.74, 6) is -0.0251. The molecule has 0 unspecified atom stereocenters. The number of nitrogens with one attached hydrogen (secondary N) is 1. The van der Waals surface area contributed by atoms with E-state index in [1.54, 1.807) is 24.3 Å². The number of amides is 1. The molecule has 3 rings (SSSR count). The third-order valence-electron chi connectivity index (χ3n) is 4.17. The van der Waals surface area contributed by atoms with Gasteiger partial charge in [0.2, 0.25) is 5.91 Å². The number of aryl methyl sites for hydroxylation is 1. The number of anilines is 1. The molecule has 0 atom stereocenters. The summed E-state index contributed by atoms with van der Waals surface area (Å²) < 4.78 is 1.50. The van der Waals surface area contributed by atoms with Crippen LogP contribution in [0.4, 0.5) is 5.69 Å². The summed E-state index contributed by atoms with van der Waals surface area (Å²) in [6.07, 6.45) is 2.57. The number of nitrogens with zero attached hydrogens (tertiary/aromatic N) is 2. The molecule has 3 aromatic rings. The zero-order chi connectivity index (χ0) is 20.1. The Balaban J connectivity index is 1.79. The lowest BCUT2D eigenvalue weighted by atomic mass is 10.1. The Labute approximate surface area is 172 Å². The predicted molar refractivity (Wildman–Crippen MR) is 116 cm³/mol. The van der Waals surface area contributed by atoms with Crippen molar-refractivity contribution in [1.82, 2.24) is 9.55 Å². The zero-order valence-electron chi connectivity index (χ0n) is 15.4. The summed E-state index contributed by atoms with van der Waals surface area (Å²) in [7, 11) is 0. The van der Waals surface area contributed by atoms with Gasteiger partial charge in [0, 0.05) is 17.3 Å². The molecule has 0 aliphatic carbocycles. The second-order valence-corrected chi connectivity index (χ2v) is 7.53. The van der Waals surface area contributed by atoms with Gasteiger partial charge in [-0.25, -0.2) is 4.98 Å². The highest BCUT2D eigenvalue weighted by atomic mass is 35.5. The normalized spacial score (nSPS) is 10.8. The Kier molecular flexibility index (Phi) is 6.54. The van der Waals surface area contributed by atoms with E-state index in [4.69, 9.17) is 11.6 Å². The number of carbonyl (C=O) groups is 1. The summed E-state index contributed by atoms with van der Waals surface area (Å²) >= 11 is 7.22. The van der Waals surface area contributed by atoms with Crippen molar-refractivity contribution in [3.8, 4) is 0 Å². The van der Waals surface area contributed by atoms with Gasteiger partial charge in [-0.3, -0.25) is 14.2 Å². The maximum Gasteiger partial charge on any atom is 0.262 e. The van der Waals surface area contributed by atoms with Crippen molar-refractivity contribution in [3.05, 3.63) is 76.1 Å². The van der Waals surface area contributed by atoms with Gasteiger partial charge in [-0.15, -0.1) is 6.58 Å². The lowest BCUT2D eigenvalue weighted by Gasteiger charge is -2.12. The van der Waals surface area contributed by atoms with Crippen LogP contribution in [0.1, 0.15) is 12.5 Å². The molecule has 0 aliphatic rings. The highest BCUT2D eigenvalue weighted by Gasteiger charge is 2.13. The first kappa shape index (κ1) is 20.2. The molecule has 0 fully saturated rings. The number of fused-ring (bicyclic) bond motifs is 1. The van der Waals surface area contributed by atoms with Gasteiger partial charge in [0.05, 0.1) is 16.7 Å². The van der Waals surface area contributed by atoms with Crippen LogP contribution in [0.15, 0.2) is 65.1 Å². The molecule has 0 bridgehead atoms. The first-order valence-corrected chi connectivity index (χ1v) is 10.2. The smallest absolute Gasteiger partial charge is 0.262 e. The molecule has 0 spiro atoms. The Morgan fingerprint density at radius 3 is 2.71 bits per heavy atom. The first-order chi connectivity index (χ1) is 13.5. The van der Waals surface area contributed by atoms with Crippen LogP contribution in [0.2, 0.25) is 5.02 Å². The summed E-state index contributed by atoms with van der Waals surface area (Å²) in [4.78, 5) is 29.6. The Hall–Kier alpha value is -2.57. The number of halogens is 1. The van der Waals surface area contributed by atoms with Crippen molar-refractivity contribution >= 4 is 45.9 Å². The SMILES string of the molecule is C=CCn1c(SCC(=O)Nc2ccc(CC)cc2)nc2ccc(Cl)cc2c1=O. The second kappa shape index (κ2) is 9.08. The maximum absolute atomic E-state index is 12.8. The molecule has 0 saturated carbocycles. The molecule has 5 nitrogen and oxygen atoms in total. The van der Waals surface area contributed by atoms with Crippen molar-refractivity contribution in [2.24, 2.45) is 0 Å². The lowest BCUT2D eigenvalue weighted by molar-refractivity contribution is -0.113. The van der Waals surface area contributed by atoms with E-state index in [0.29, 0.717) is 27.6 Å². The summed E-state index contributed by atoms with van der Waals surface area (Å²) in [6.45, 7) is 6.08. The fraction of sp³-hybridized carbons (Fsp3) is 0.190. The van der Waals surface area contributed by atoms with Crippen molar-refractivity contribution in [3.63, 3.8) is 0 Å². The number of aromatic nitrogens is 2. The van der Waals surface area contributed by atoms with Crippen molar-refractivity contribution in [2.45, 2.75) is 25.0 Å². The summed E-state index contributed by atoms with van der Waals surface area (Å²) in [5.41, 5.74) is 2.30. The van der Waals surface area contributed by atoms with Crippen molar-refractivity contribution in [1.29, 1.82) is 0 Å². The summed E-state index contributed by atoms with van der Waals surface area (Å²) in [5, 5.41) is 4.25. The van der Waals surface area contributed by atoms with Gasteiger partial charge in [-0.05, 0) is 42.3 Å². The molecule has 7 heteroatoms. The van der Waals surface area contributed by atoms with Crippen molar-refractivity contribution < 1.29 is 4.79 Å². The highest BCUT2D eigenvalue weighted by Crippen LogP contribution is 2.21. The molecular formula is C21H20ClN3O2S. The Morgan fingerprint density at radius 1 is 1.29 bits per heavy atom. The molecule has 0 radical (unpaired) electrons. The van der Waals surface area contributed by atoms with Crippen LogP contribution in [-0.2, 0) is 17.8 Å². The van der Waals surface area contributed by atoms with E-state index in [2.05, 4.69) is 23.8 Å². The van der Waals surface area contributed by atoms with Crippen LogP contribution < -0.4 is 10.9 Å². The van der Waals surface area contributed by atoms with E-state index in [1.807, 2.05) is 24.3 Å². The average Bonchev–Trinajstić information content (AvgIpc) is 2.70. The van der Waals surface area contributed by atoms with Gasteiger partial charge in [-0.2, -0.15) is 0 Å². The number of benzene rings is 2. The molecule has 2 aromatic carbocycles. The molecule has 1 amide bonds. The minimum absolute atomic E-state index is 0.137. The fourth-order valence-electron chi connectivity index (χ4n) is 2.72. The van der Waals surface area contributed by atoms with Crippen LogP contribution in [0.3, 0.4) is 0 Å². The van der Waals surface area contributed by atoms with Gasteiger partial charge < -0.3 is 5.32 Å². The van der Waals surface area contributed by atoms with E-state index in [9.17, 15) is 9.59 Å². The van der Waals surface area contributed by atoms with E-state index < -0.39 is 0 Å². The van der Waals surface area contributed by atoms with Crippen LogP contribution in [0.25, 0.3) is 10.9 Å².